The van der Waals surface area contributed by atoms with E-state index in [-0.39, 0.29) is 35.6 Å². The molecular weight excluding hydrogens is 754 g/mol. The number of aryl methyl sites for hydroxylation is 1. The molecule has 0 unspecified atom stereocenters. The van der Waals surface area contributed by atoms with E-state index in [4.69, 9.17) is 0 Å². The Labute approximate surface area is 298 Å². The first-order chi connectivity index (χ1) is 20.5. The van der Waals surface area contributed by atoms with Gasteiger partial charge in [-0.15, -0.1) is 39.7 Å². The summed E-state index contributed by atoms with van der Waals surface area (Å²) in [5.41, 5.74) is 6.10. The molecular formula is C42H46Cl2Hf-2. The van der Waals surface area contributed by atoms with Crippen molar-refractivity contribution < 1.29 is 48.7 Å². The van der Waals surface area contributed by atoms with E-state index in [0.29, 0.717) is 0 Å². The monoisotopic (exact) mass is 800 g/mol. The molecule has 3 heteroatoms. The SMILES string of the molecule is CC(C)(C)c1ccc2c(c1)[cH-]c1cc(C(C)(C)C)ccc12.[Cl-].[Cl-].[Hf+2]=[C](CCCc1ccccc1)c1ccccc1.c1cc[cH-]c1. The van der Waals surface area contributed by atoms with E-state index in [1.54, 1.807) is 3.26 Å². The van der Waals surface area contributed by atoms with Crippen molar-refractivity contribution in [3.63, 3.8) is 0 Å². The van der Waals surface area contributed by atoms with Gasteiger partial charge in [-0.25, -0.2) is 12.1 Å². The van der Waals surface area contributed by atoms with E-state index in [2.05, 4.69) is 145 Å². The molecule has 0 amide bonds. The zero-order valence-electron chi connectivity index (χ0n) is 27.6. The Balaban J connectivity index is 0.000000265. The third-order valence-electron chi connectivity index (χ3n) is 7.85. The van der Waals surface area contributed by atoms with E-state index in [0.717, 1.165) is 0 Å². The zero-order chi connectivity index (χ0) is 30.9. The topological polar surface area (TPSA) is 0 Å². The zero-order valence-corrected chi connectivity index (χ0v) is 32.7. The molecule has 0 fully saturated rings. The molecule has 6 aromatic rings. The Hall–Kier alpha value is -2.58. The van der Waals surface area contributed by atoms with Crippen LogP contribution in [0.2, 0.25) is 0 Å². The Kier molecular flexibility index (Phi) is 15.4. The third-order valence-corrected chi connectivity index (χ3v) is 9.78. The summed E-state index contributed by atoms with van der Waals surface area (Å²) in [5, 5.41) is 5.48. The van der Waals surface area contributed by atoms with E-state index >= 15 is 0 Å². The molecule has 234 valence electrons. The van der Waals surface area contributed by atoms with Crippen molar-refractivity contribution in [1.29, 1.82) is 0 Å². The molecule has 0 aliphatic rings. The van der Waals surface area contributed by atoms with Crippen LogP contribution in [0.3, 0.4) is 0 Å². The maximum Gasteiger partial charge on any atom is -0.172 e. The minimum Gasteiger partial charge on any atom is -0.214 e. The van der Waals surface area contributed by atoms with Gasteiger partial charge in [0.25, 0.3) is 0 Å². The number of benzene rings is 4. The van der Waals surface area contributed by atoms with E-state index in [9.17, 15) is 0 Å². The van der Waals surface area contributed by atoms with Crippen molar-refractivity contribution in [1.82, 2.24) is 0 Å². The Bertz CT molecular complexity index is 1610. The molecule has 0 saturated heterocycles. The summed E-state index contributed by atoms with van der Waals surface area (Å²) in [6, 6.07) is 47.7. The number of hydrogen-bond acceptors (Lipinski definition) is 0. The molecule has 0 nitrogen and oxygen atoms in total. The molecule has 6 rings (SSSR count). The summed E-state index contributed by atoms with van der Waals surface area (Å²) < 4.78 is 1.63. The number of fused-ring (bicyclic) bond motifs is 3. The second kappa shape index (κ2) is 17.9. The van der Waals surface area contributed by atoms with Crippen LogP contribution in [0.5, 0.6) is 0 Å². The quantitative estimate of drug-likeness (QED) is 0.160. The van der Waals surface area contributed by atoms with Gasteiger partial charge in [-0.05, 0) is 10.8 Å². The Morgan fingerprint density at radius 1 is 0.600 bits per heavy atom. The average Bonchev–Trinajstić information content (AvgIpc) is 3.69. The fraction of sp³-hybridized carbons (Fsp3) is 0.262. The molecule has 45 heavy (non-hydrogen) atoms. The predicted octanol–water partition coefficient (Wildman–Crippen LogP) is 5.50. The Morgan fingerprint density at radius 3 is 1.49 bits per heavy atom. The standard InChI is InChI=1S/C21H25.C16H16.C5H5.2ClH.Hf/c1-20(2,3)16-7-9-18-14(12-16)11-15-13-17(21(4,5)6)8-10-19(15)18;1-3-9-15(10-4-1)13-7-8-14-16-11-5-2-6-12-16;1-2-4-5-3-1;;;/h7-13H,1-6H3;1-6,9-12H,7-8,13H2;1-5H;2*1H;/q-1;;-1;;;+2/p-2. The summed E-state index contributed by atoms with van der Waals surface area (Å²) in [6.45, 7) is 13.6. The van der Waals surface area contributed by atoms with Crippen LogP contribution in [-0.4, -0.2) is 3.26 Å². The molecule has 0 radical (unpaired) electrons. The molecule has 0 spiro atoms. The first kappa shape index (κ1) is 38.6. The Morgan fingerprint density at radius 2 is 1.07 bits per heavy atom. The first-order valence-corrected chi connectivity index (χ1v) is 17.3. The van der Waals surface area contributed by atoms with Crippen LogP contribution < -0.4 is 24.8 Å². The van der Waals surface area contributed by atoms with Gasteiger partial charge in [0.2, 0.25) is 0 Å². The summed E-state index contributed by atoms with van der Waals surface area (Å²) in [4.78, 5) is 0. The molecule has 0 saturated carbocycles. The normalized spacial score (nSPS) is 10.9. The maximum atomic E-state index is 2.35. The molecule has 0 atom stereocenters. The molecule has 0 heterocycles. The minimum absolute atomic E-state index is 0. The van der Waals surface area contributed by atoms with Gasteiger partial charge in [0, 0.05) is 0 Å². The van der Waals surface area contributed by atoms with Crippen LogP contribution in [0.1, 0.15) is 76.6 Å². The molecule has 0 aromatic heterocycles. The van der Waals surface area contributed by atoms with Crippen molar-refractivity contribution in [3.05, 3.63) is 156 Å². The fourth-order valence-electron chi connectivity index (χ4n) is 5.17. The van der Waals surface area contributed by atoms with Gasteiger partial charge in [0.15, 0.2) is 0 Å². The smallest absolute Gasteiger partial charge is 0.172 e. The van der Waals surface area contributed by atoms with Crippen molar-refractivity contribution >= 4 is 24.8 Å². The molecule has 0 aliphatic heterocycles. The van der Waals surface area contributed by atoms with E-state index in [1.165, 1.54) is 87.0 Å². The van der Waals surface area contributed by atoms with E-state index < -0.39 is 0 Å². The largest absolute Gasteiger partial charge is 0.214 e. The van der Waals surface area contributed by atoms with Crippen LogP contribution in [0.4, 0.5) is 0 Å². The van der Waals surface area contributed by atoms with Crippen molar-refractivity contribution in [2.24, 2.45) is 0 Å². The van der Waals surface area contributed by atoms with Crippen LogP contribution in [-0.2, 0) is 41.1 Å². The van der Waals surface area contributed by atoms with Gasteiger partial charge in [-0.2, -0.15) is 18.2 Å². The number of halogens is 2. The fourth-order valence-corrected chi connectivity index (χ4v) is 6.41. The van der Waals surface area contributed by atoms with Crippen molar-refractivity contribution in [3.8, 4) is 0 Å². The predicted molar refractivity (Wildman–Crippen MR) is 186 cm³/mol. The summed E-state index contributed by atoms with van der Waals surface area (Å²) in [5.74, 6) is 0. The second-order valence-electron chi connectivity index (χ2n) is 13.4. The van der Waals surface area contributed by atoms with Gasteiger partial charge >= 0.3 is 118 Å². The number of rotatable bonds is 5. The van der Waals surface area contributed by atoms with Crippen molar-refractivity contribution in [2.75, 3.05) is 0 Å². The third kappa shape index (κ3) is 11.6. The summed E-state index contributed by atoms with van der Waals surface area (Å²) >= 11 is 1.17. The van der Waals surface area contributed by atoms with Crippen LogP contribution in [0, 0.1) is 0 Å². The number of hydrogen-bond donors (Lipinski definition) is 0. The van der Waals surface area contributed by atoms with Crippen LogP contribution >= 0.6 is 0 Å². The maximum absolute atomic E-state index is 2.35. The molecule has 0 N–H and O–H groups in total. The second-order valence-corrected chi connectivity index (χ2v) is 15.6. The van der Waals surface area contributed by atoms with Crippen LogP contribution in [0.15, 0.2) is 133 Å². The molecule has 6 aromatic carbocycles. The van der Waals surface area contributed by atoms with Gasteiger partial charge in [0.1, 0.15) is 0 Å². The summed E-state index contributed by atoms with van der Waals surface area (Å²) in [6.07, 6.45) is 3.70. The van der Waals surface area contributed by atoms with Crippen LogP contribution in [0.25, 0.3) is 21.5 Å². The van der Waals surface area contributed by atoms with Crippen molar-refractivity contribution in [2.45, 2.75) is 71.6 Å². The average molecular weight is 800 g/mol. The molecule has 0 aliphatic carbocycles. The van der Waals surface area contributed by atoms with Gasteiger partial charge in [-0.1, -0.05) is 76.9 Å². The summed E-state index contributed by atoms with van der Waals surface area (Å²) in [7, 11) is 0. The van der Waals surface area contributed by atoms with Gasteiger partial charge < -0.3 is 24.8 Å². The van der Waals surface area contributed by atoms with E-state index in [1.807, 2.05) is 30.3 Å². The van der Waals surface area contributed by atoms with Gasteiger partial charge in [0.05, 0.1) is 0 Å². The minimum atomic E-state index is 0. The first-order valence-electron chi connectivity index (χ1n) is 15.5. The molecule has 0 bridgehead atoms. The van der Waals surface area contributed by atoms with Gasteiger partial charge in [-0.3, -0.25) is 0 Å².